The Labute approximate surface area is 176 Å². The average Bonchev–Trinajstić information content (AvgIpc) is 3.26. The van der Waals surface area contributed by atoms with Gasteiger partial charge >= 0.3 is 6.09 Å². The van der Waals surface area contributed by atoms with Crippen LogP contribution in [0.1, 0.15) is 44.9 Å². The largest absolute Gasteiger partial charge is 0.472 e. The van der Waals surface area contributed by atoms with Gasteiger partial charge in [-0.1, -0.05) is 0 Å². The second-order valence-corrected chi connectivity index (χ2v) is 8.99. The van der Waals surface area contributed by atoms with E-state index in [1.165, 1.54) is 6.33 Å². The zero-order valence-corrected chi connectivity index (χ0v) is 18.1. The molecule has 30 heavy (non-hydrogen) atoms. The maximum absolute atomic E-state index is 12.6. The molecule has 0 N–H and O–H groups in total. The summed E-state index contributed by atoms with van der Waals surface area (Å²) in [5.41, 5.74) is 0.973. The van der Waals surface area contributed by atoms with Gasteiger partial charge in [-0.2, -0.15) is 0 Å². The number of amides is 1. The fourth-order valence-corrected chi connectivity index (χ4v) is 4.09. The van der Waals surface area contributed by atoms with Crippen LogP contribution in [0, 0.1) is 19.8 Å². The molecule has 2 bridgehead atoms. The Bertz CT molecular complexity index is 943. The van der Waals surface area contributed by atoms with Crippen LogP contribution in [0.2, 0.25) is 0 Å². The first kappa shape index (κ1) is 20.4. The minimum atomic E-state index is -0.519. The van der Waals surface area contributed by atoms with E-state index in [-0.39, 0.29) is 18.2 Å². The number of hydrogen-bond donors (Lipinski definition) is 0. The van der Waals surface area contributed by atoms with Crippen molar-refractivity contribution in [1.82, 2.24) is 19.9 Å². The van der Waals surface area contributed by atoms with Crippen molar-refractivity contribution >= 4 is 6.09 Å². The highest BCUT2D eigenvalue weighted by Crippen LogP contribution is 2.41. The quantitative estimate of drug-likeness (QED) is 0.748. The molecule has 2 aliphatic rings. The molecule has 0 unspecified atom stereocenters. The number of aromatic nitrogens is 3. The number of nitrogens with zero attached hydrogens (tertiary/aromatic N) is 4. The predicted octanol–water partition coefficient (Wildman–Crippen LogP) is 4.06. The van der Waals surface area contributed by atoms with E-state index in [0.29, 0.717) is 29.0 Å². The number of rotatable bonds is 4. The van der Waals surface area contributed by atoms with Crippen molar-refractivity contribution in [3.05, 3.63) is 35.9 Å². The molecule has 2 aromatic rings. The van der Waals surface area contributed by atoms with Crippen LogP contribution in [0.3, 0.4) is 0 Å². The monoisotopic (exact) mass is 412 g/mol. The summed E-state index contributed by atoms with van der Waals surface area (Å²) < 4.78 is 17.8. The molecule has 0 spiro atoms. The first-order valence-corrected chi connectivity index (χ1v) is 10.3. The van der Waals surface area contributed by atoms with Gasteiger partial charge in [-0.3, -0.25) is 4.98 Å². The lowest BCUT2D eigenvalue weighted by atomic mass is 10.1. The molecule has 1 saturated carbocycles. The van der Waals surface area contributed by atoms with Gasteiger partial charge in [-0.15, -0.1) is 0 Å². The predicted molar refractivity (Wildman–Crippen MR) is 110 cm³/mol. The highest BCUT2D eigenvalue weighted by Gasteiger charge is 2.49. The topological polar surface area (TPSA) is 86.7 Å². The fourth-order valence-electron chi connectivity index (χ4n) is 4.09. The van der Waals surface area contributed by atoms with E-state index >= 15 is 0 Å². The van der Waals surface area contributed by atoms with Crippen LogP contribution in [0.25, 0.3) is 0 Å². The van der Waals surface area contributed by atoms with Crippen molar-refractivity contribution in [3.8, 4) is 17.5 Å². The maximum Gasteiger partial charge on any atom is 0.410 e. The molecular formula is C22H28N4O4. The Kier molecular flexibility index (Phi) is 5.26. The van der Waals surface area contributed by atoms with Gasteiger partial charge in [0.1, 0.15) is 18.0 Å². The number of carbonyl (C=O) groups is 1. The molecular weight excluding hydrogens is 384 g/mol. The van der Waals surface area contributed by atoms with E-state index in [4.69, 9.17) is 14.2 Å². The third kappa shape index (κ3) is 4.17. The molecule has 1 aliphatic carbocycles. The van der Waals surface area contributed by atoms with Crippen LogP contribution < -0.4 is 9.47 Å². The van der Waals surface area contributed by atoms with E-state index in [9.17, 15) is 4.79 Å². The zero-order chi connectivity index (χ0) is 21.5. The van der Waals surface area contributed by atoms with Crippen molar-refractivity contribution in [1.29, 1.82) is 0 Å². The standard InChI is InChI=1S/C22H28N4O4/c1-13-19(28-17-7-6-8-23-14(17)2)24-12-25-20(13)29-18-10-15-9-16(18)26(11-15)21(27)30-22(3,4)5/h6-8,12,15-16,18H,9-11H2,1-5H3/t15-,16+,18+/m1/s1. The van der Waals surface area contributed by atoms with Crippen LogP contribution in [0.15, 0.2) is 24.7 Å². The first-order chi connectivity index (χ1) is 14.2. The number of pyridine rings is 1. The molecule has 0 aromatic carbocycles. The minimum Gasteiger partial charge on any atom is -0.472 e. The molecule has 0 radical (unpaired) electrons. The smallest absolute Gasteiger partial charge is 0.410 e. The minimum absolute atomic E-state index is 0.0100. The summed E-state index contributed by atoms with van der Waals surface area (Å²) in [6, 6.07) is 3.65. The molecule has 3 atom stereocenters. The molecule has 3 heterocycles. The Balaban J connectivity index is 1.48. The number of hydrogen-bond acceptors (Lipinski definition) is 7. The Morgan fingerprint density at radius 2 is 1.90 bits per heavy atom. The third-order valence-electron chi connectivity index (χ3n) is 5.47. The van der Waals surface area contributed by atoms with Crippen LogP contribution >= 0.6 is 0 Å². The number of carbonyl (C=O) groups excluding carboxylic acids is 1. The number of piperidine rings is 1. The van der Waals surface area contributed by atoms with Gasteiger partial charge in [0.2, 0.25) is 11.8 Å². The average molecular weight is 412 g/mol. The maximum atomic E-state index is 12.6. The second kappa shape index (κ2) is 7.74. The van der Waals surface area contributed by atoms with Gasteiger partial charge in [-0.05, 0) is 65.5 Å². The first-order valence-electron chi connectivity index (χ1n) is 10.3. The van der Waals surface area contributed by atoms with Gasteiger partial charge in [0.05, 0.1) is 17.3 Å². The molecule has 4 rings (SSSR count). The summed E-state index contributed by atoms with van der Waals surface area (Å²) in [7, 11) is 0. The van der Waals surface area contributed by atoms with E-state index < -0.39 is 5.60 Å². The van der Waals surface area contributed by atoms with Gasteiger partial charge < -0.3 is 19.1 Å². The van der Waals surface area contributed by atoms with Crippen molar-refractivity contribution in [2.45, 2.75) is 65.2 Å². The summed E-state index contributed by atoms with van der Waals surface area (Å²) >= 11 is 0. The molecule has 2 aromatic heterocycles. The molecule has 160 valence electrons. The third-order valence-corrected chi connectivity index (χ3v) is 5.47. The highest BCUT2D eigenvalue weighted by atomic mass is 16.6. The van der Waals surface area contributed by atoms with Gasteiger partial charge in [0.25, 0.3) is 0 Å². The molecule has 8 nitrogen and oxygen atoms in total. The Hall–Kier alpha value is -2.90. The molecule has 8 heteroatoms. The second-order valence-electron chi connectivity index (χ2n) is 8.99. The van der Waals surface area contributed by atoms with Gasteiger partial charge in [-0.25, -0.2) is 14.8 Å². The molecule has 1 aliphatic heterocycles. The molecule has 1 saturated heterocycles. The zero-order valence-electron chi connectivity index (χ0n) is 18.1. The van der Waals surface area contributed by atoms with Crippen molar-refractivity contribution < 1.29 is 19.0 Å². The van der Waals surface area contributed by atoms with Crippen molar-refractivity contribution in [3.63, 3.8) is 0 Å². The SMILES string of the molecule is Cc1ncccc1Oc1ncnc(O[C@H]2C[C@H]3C[C@@H]2N(C(=O)OC(C)(C)C)C3)c1C. The van der Waals surface area contributed by atoms with E-state index in [1.807, 2.05) is 46.8 Å². The number of fused-ring (bicyclic) bond motifs is 2. The highest BCUT2D eigenvalue weighted by molar-refractivity contribution is 5.69. The normalized spacial score (nSPS) is 22.8. The Morgan fingerprint density at radius 1 is 1.13 bits per heavy atom. The Morgan fingerprint density at radius 3 is 2.60 bits per heavy atom. The summed E-state index contributed by atoms with van der Waals surface area (Å²) in [5.74, 6) is 1.97. The van der Waals surface area contributed by atoms with Gasteiger partial charge in [0.15, 0.2) is 5.75 Å². The summed E-state index contributed by atoms with van der Waals surface area (Å²) in [6.07, 6.45) is 4.56. The van der Waals surface area contributed by atoms with Crippen molar-refractivity contribution in [2.75, 3.05) is 6.54 Å². The lowest BCUT2D eigenvalue weighted by Crippen LogP contribution is -2.48. The van der Waals surface area contributed by atoms with Crippen LogP contribution in [0.4, 0.5) is 4.79 Å². The van der Waals surface area contributed by atoms with Crippen LogP contribution in [0.5, 0.6) is 17.5 Å². The summed E-state index contributed by atoms with van der Waals surface area (Å²) in [6.45, 7) is 10.1. The van der Waals surface area contributed by atoms with Gasteiger partial charge in [0, 0.05) is 12.7 Å². The van der Waals surface area contributed by atoms with E-state index in [1.54, 1.807) is 11.1 Å². The fraction of sp³-hybridized carbons (Fsp3) is 0.545. The van der Waals surface area contributed by atoms with Crippen molar-refractivity contribution in [2.24, 2.45) is 5.92 Å². The lowest BCUT2D eigenvalue weighted by Gasteiger charge is -2.34. The number of ether oxygens (including phenoxy) is 3. The summed E-state index contributed by atoms with van der Waals surface area (Å²) in [4.78, 5) is 27.2. The molecule has 2 fully saturated rings. The van der Waals surface area contributed by atoms with E-state index in [2.05, 4.69) is 15.0 Å². The number of likely N-dealkylation sites (tertiary alicyclic amines) is 1. The lowest BCUT2D eigenvalue weighted by molar-refractivity contribution is 0.00197. The van der Waals surface area contributed by atoms with E-state index in [0.717, 1.165) is 25.1 Å². The van der Waals surface area contributed by atoms with Crippen LogP contribution in [-0.2, 0) is 4.74 Å². The molecule has 1 amide bonds. The van der Waals surface area contributed by atoms with Crippen LogP contribution in [-0.4, -0.2) is 50.2 Å². The summed E-state index contributed by atoms with van der Waals surface area (Å²) in [5, 5.41) is 0. The number of aryl methyl sites for hydroxylation is 1.